The van der Waals surface area contributed by atoms with Crippen LogP contribution in [0.4, 0.5) is 4.79 Å². The standard InChI is InChI=1S/C26H25N3O6/c1-28-23-6-4-3-5-22(23)27-24(28)17-34-20-9-7-18(8-10-20)15-29(16-25(30)31)26(32)35-21-13-11-19(33-2)12-14-21/h3-14H,15-17H2,1-2H3,(H,30,31). The molecule has 1 aromatic heterocycles. The fourth-order valence-corrected chi connectivity index (χ4v) is 3.54. The number of ether oxygens (including phenoxy) is 3. The Morgan fingerprint density at radius 2 is 1.60 bits per heavy atom. The maximum atomic E-state index is 12.6. The molecule has 35 heavy (non-hydrogen) atoms. The molecule has 0 bridgehead atoms. The zero-order chi connectivity index (χ0) is 24.8. The van der Waals surface area contributed by atoms with E-state index in [0.717, 1.165) is 27.3 Å². The summed E-state index contributed by atoms with van der Waals surface area (Å²) in [6.45, 7) is -0.143. The lowest BCUT2D eigenvalue weighted by Crippen LogP contribution is -2.37. The van der Waals surface area contributed by atoms with Crippen molar-refractivity contribution in [3.8, 4) is 17.2 Å². The number of rotatable bonds is 9. The van der Waals surface area contributed by atoms with Gasteiger partial charge in [-0.05, 0) is 54.1 Å². The normalized spacial score (nSPS) is 10.7. The van der Waals surface area contributed by atoms with Gasteiger partial charge in [-0.15, -0.1) is 0 Å². The van der Waals surface area contributed by atoms with Gasteiger partial charge in [0.2, 0.25) is 0 Å². The molecule has 0 fully saturated rings. The molecule has 1 heterocycles. The average molecular weight is 476 g/mol. The predicted octanol–water partition coefficient (Wildman–Crippen LogP) is 4.25. The molecule has 4 aromatic rings. The number of aryl methyl sites for hydroxylation is 1. The van der Waals surface area contributed by atoms with Crippen LogP contribution in [0.2, 0.25) is 0 Å². The van der Waals surface area contributed by atoms with Gasteiger partial charge in [-0.2, -0.15) is 0 Å². The number of carbonyl (C=O) groups is 2. The van der Waals surface area contributed by atoms with Crippen LogP contribution in [0.3, 0.4) is 0 Å². The summed E-state index contributed by atoms with van der Waals surface area (Å²) in [6, 6.07) is 21.4. The van der Waals surface area contributed by atoms with Crippen molar-refractivity contribution in [2.24, 2.45) is 7.05 Å². The van der Waals surface area contributed by atoms with Crippen LogP contribution in [0.5, 0.6) is 17.2 Å². The Bertz CT molecular complexity index is 1320. The van der Waals surface area contributed by atoms with Crippen molar-refractivity contribution in [3.05, 3.63) is 84.2 Å². The summed E-state index contributed by atoms with van der Waals surface area (Å²) >= 11 is 0. The molecule has 0 atom stereocenters. The van der Waals surface area contributed by atoms with E-state index in [0.29, 0.717) is 18.1 Å². The van der Waals surface area contributed by atoms with Gasteiger partial charge in [0.05, 0.1) is 18.1 Å². The number of para-hydroxylation sites is 2. The number of amides is 1. The molecule has 1 amide bonds. The quantitative estimate of drug-likeness (QED) is 0.386. The van der Waals surface area contributed by atoms with Crippen molar-refractivity contribution in [3.63, 3.8) is 0 Å². The Labute approximate surface area is 202 Å². The lowest BCUT2D eigenvalue weighted by molar-refractivity contribution is -0.138. The summed E-state index contributed by atoms with van der Waals surface area (Å²) in [5, 5.41) is 9.25. The van der Waals surface area contributed by atoms with Gasteiger partial charge in [-0.3, -0.25) is 9.69 Å². The Morgan fingerprint density at radius 1 is 0.943 bits per heavy atom. The van der Waals surface area contributed by atoms with Crippen molar-refractivity contribution in [2.45, 2.75) is 13.2 Å². The minimum atomic E-state index is -1.14. The number of carboxylic acids is 1. The number of hydrogen-bond donors (Lipinski definition) is 1. The van der Waals surface area contributed by atoms with Crippen LogP contribution in [0.15, 0.2) is 72.8 Å². The van der Waals surface area contributed by atoms with E-state index in [9.17, 15) is 14.7 Å². The largest absolute Gasteiger partial charge is 0.497 e. The summed E-state index contributed by atoms with van der Waals surface area (Å²) in [5.74, 6) is 1.19. The minimum absolute atomic E-state index is 0.0618. The van der Waals surface area contributed by atoms with E-state index in [1.54, 1.807) is 48.5 Å². The highest BCUT2D eigenvalue weighted by atomic mass is 16.6. The van der Waals surface area contributed by atoms with E-state index >= 15 is 0 Å². The third kappa shape index (κ3) is 5.89. The molecule has 0 saturated heterocycles. The number of imidazole rings is 1. The highest BCUT2D eigenvalue weighted by Crippen LogP contribution is 2.20. The van der Waals surface area contributed by atoms with Gasteiger partial charge in [0.1, 0.15) is 36.2 Å². The van der Waals surface area contributed by atoms with Gasteiger partial charge in [0.15, 0.2) is 0 Å². The average Bonchev–Trinajstić information content (AvgIpc) is 3.19. The molecule has 0 aliphatic carbocycles. The SMILES string of the molecule is COc1ccc(OC(=O)N(CC(=O)O)Cc2ccc(OCc3nc4ccccc4n3C)cc2)cc1. The van der Waals surface area contributed by atoms with Crippen molar-refractivity contribution in [2.75, 3.05) is 13.7 Å². The van der Waals surface area contributed by atoms with Gasteiger partial charge in [-0.1, -0.05) is 24.3 Å². The molecule has 0 aliphatic rings. The maximum Gasteiger partial charge on any atom is 0.416 e. The van der Waals surface area contributed by atoms with Crippen LogP contribution >= 0.6 is 0 Å². The first kappa shape index (κ1) is 23.6. The van der Waals surface area contributed by atoms with Crippen molar-refractivity contribution in [1.29, 1.82) is 0 Å². The summed E-state index contributed by atoms with van der Waals surface area (Å²) in [7, 11) is 3.48. The number of nitrogens with zero attached hydrogens (tertiary/aromatic N) is 3. The molecule has 0 saturated carbocycles. The molecule has 1 N–H and O–H groups in total. The summed E-state index contributed by atoms with van der Waals surface area (Å²) in [4.78, 5) is 29.6. The van der Waals surface area contributed by atoms with E-state index in [-0.39, 0.29) is 12.3 Å². The molecule has 4 rings (SSSR count). The molecular formula is C26H25N3O6. The number of carbonyl (C=O) groups excluding carboxylic acids is 1. The van der Waals surface area contributed by atoms with Gasteiger partial charge >= 0.3 is 12.1 Å². The fourth-order valence-electron chi connectivity index (χ4n) is 3.54. The molecule has 9 nitrogen and oxygen atoms in total. The Balaban J connectivity index is 1.38. The maximum absolute atomic E-state index is 12.6. The summed E-state index contributed by atoms with van der Waals surface area (Å²) < 4.78 is 18.3. The number of hydrogen-bond acceptors (Lipinski definition) is 6. The molecule has 0 spiro atoms. The van der Waals surface area contributed by atoms with Gasteiger partial charge in [-0.25, -0.2) is 9.78 Å². The molecule has 0 unspecified atom stereocenters. The van der Waals surface area contributed by atoms with E-state index in [4.69, 9.17) is 14.2 Å². The van der Waals surface area contributed by atoms with Gasteiger partial charge < -0.3 is 23.9 Å². The van der Waals surface area contributed by atoms with Crippen LogP contribution in [0.1, 0.15) is 11.4 Å². The second kappa shape index (κ2) is 10.6. The highest BCUT2D eigenvalue weighted by molar-refractivity contribution is 5.78. The van der Waals surface area contributed by atoms with Crippen LogP contribution in [-0.4, -0.2) is 45.3 Å². The number of benzene rings is 3. The van der Waals surface area contributed by atoms with Gasteiger partial charge in [0, 0.05) is 13.6 Å². The van der Waals surface area contributed by atoms with Gasteiger partial charge in [0.25, 0.3) is 0 Å². The number of methoxy groups -OCH3 is 1. The fraction of sp³-hybridized carbons (Fsp3) is 0.192. The number of carboxylic acid groups (broad SMARTS) is 1. The lowest BCUT2D eigenvalue weighted by atomic mass is 10.2. The van der Waals surface area contributed by atoms with E-state index in [1.807, 2.05) is 35.9 Å². The molecular weight excluding hydrogens is 450 g/mol. The zero-order valence-electron chi connectivity index (χ0n) is 19.4. The first-order valence-electron chi connectivity index (χ1n) is 10.9. The first-order chi connectivity index (χ1) is 16.9. The molecule has 180 valence electrons. The Hall–Kier alpha value is -4.53. The highest BCUT2D eigenvalue weighted by Gasteiger charge is 2.20. The first-order valence-corrected chi connectivity index (χ1v) is 10.9. The van der Waals surface area contributed by atoms with Crippen LogP contribution in [0.25, 0.3) is 11.0 Å². The van der Waals surface area contributed by atoms with Crippen molar-refractivity contribution in [1.82, 2.24) is 14.5 Å². The Morgan fingerprint density at radius 3 is 2.26 bits per heavy atom. The number of fused-ring (bicyclic) bond motifs is 1. The third-order valence-electron chi connectivity index (χ3n) is 5.39. The van der Waals surface area contributed by atoms with E-state index in [1.165, 1.54) is 7.11 Å². The topological polar surface area (TPSA) is 103 Å². The number of aromatic nitrogens is 2. The monoisotopic (exact) mass is 475 g/mol. The zero-order valence-corrected chi connectivity index (χ0v) is 19.4. The lowest BCUT2D eigenvalue weighted by Gasteiger charge is -2.20. The molecule has 3 aromatic carbocycles. The molecule has 0 aliphatic heterocycles. The summed E-state index contributed by atoms with van der Waals surface area (Å²) in [5.41, 5.74) is 2.67. The Kier molecular flexibility index (Phi) is 7.15. The van der Waals surface area contributed by atoms with E-state index in [2.05, 4.69) is 4.98 Å². The predicted molar refractivity (Wildman–Crippen MR) is 129 cm³/mol. The smallest absolute Gasteiger partial charge is 0.416 e. The second-order valence-corrected chi connectivity index (χ2v) is 7.80. The van der Waals surface area contributed by atoms with Crippen LogP contribution in [-0.2, 0) is 25.0 Å². The van der Waals surface area contributed by atoms with E-state index < -0.39 is 18.6 Å². The third-order valence-corrected chi connectivity index (χ3v) is 5.39. The molecule has 9 heteroatoms. The summed E-state index contributed by atoms with van der Waals surface area (Å²) in [6.07, 6.45) is -0.764. The van der Waals surface area contributed by atoms with Crippen LogP contribution < -0.4 is 14.2 Å². The molecule has 0 radical (unpaired) electrons. The van der Waals surface area contributed by atoms with Crippen molar-refractivity contribution >= 4 is 23.1 Å². The van der Waals surface area contributed by atoms with Crippen LogP contribution in [0, 0.1) is 0 Å². The minimum Gasteiger partial charge on any atom is -0.497 e. The van der Waals surface area contributed by atoms with Crippen molar-refractivity contribution < 1.29 is 28.9 Å². The number of aliphatic carboxylic acids is 1. The second-order valence-electron chi connectivity index (χ2n) is 7.80.